The van der Waals surface area contributed by atoms with E-state index in [0.717, 1.165) is 23.0 Å². The average Bonchev–Trinajstić information content (AvgIpc) is 3.19. The fourth-order valence-corrected chi connectivity index (χ4v) is 8.49. The van der Waals surface area contributed by atoms with E-state index in [4.69, 9.17) is 0 Å². The molecule has 2 saturated carbocycles. The maximum Gasteiger partial charge on any atom is 0.305 e. The molecule has 0 radical (unpaired) electrons. The van der Waals surface area contributed by atoms with Gasteiger partial charge >= 0.3 is 4.87 Å². The van der Waals surface area contributed by atoms with Crippen LogP contribution in [0.15, 0.2) is 27.3 Å². The maximum atomic E-state index is 11.8. The van der Waals surface area contributed by atoms with E-state index in [9.17, 15) is 4.79 Å². The zero-order valence-electron chi connectivity index (χ0n) is 10.9. The molecule has 0 amide bonds. The van der Waals surface area contributed by atoms with Gasteiger partial charge in [-0.2, -0.15) is 0 Å². The molecule has 1 N–H and O–H groups in total. The zero-order valence-corrected chi connectivity index (χ0v) is 13.3. The summed E-state index contributed by atoms with van der Waals surface area (Å²) in [5.41, 5.74) is 0. The van der Waals surface area contributed by atoms with Crippen LogP contribution in [0.5, 0.6) is 0 Å². The van der Waals surface area contributed by atoms with E-state index in [2.05, 4.69) is 22.5 Å². The quantitative estimate of drug-likeness (QED) is 0.856. The molecule has 1 aliphatic heterocycles. The molecule has 3 heterocycles. The van der Waals surface area contributed by atoms with Crippen LogP contribution in [0, 0.1) is 17.8 Å². The summed E-state index contributed by atoms with van der Waals surface area (Å²) in [4.78, 5) is 17.8. The third-order valence-corrected chi connectivity index (χ3v) is 8.89. The Morgan fingerprint density at radius 3 is 3.00 bits per heavy atom. The van der Waals surface area contributed by atoms with Crippen molar-refractivity contribution in [2.45, 2.75) is 35.5 Å². The van der Waals surface area contributed by atoms with E-state index in [-0.39, 0.29) is 4.87 Å². The summed E-state index contributed by atoms with van der Waals surface area (Å²) in [6.45, 7) is 0. The number of thiophene rings is 1. The largest absolute Gasteiger partial charge is 0.307 e. The third kappa shape index (κ3) is 1.54. The van der Waals surface area contributed by atoms with Gasteiger partial charge in [0.1, 0.15) is 0 Å². The number of H-pyrrole nitrogens is 1. The summed E-state index contributed by atoms with van der Waals surface area (Å²) in [7, 11) is 0. The van der Waals surface area contributed by atoms with Crippen molar-refractivity contribution in [2.75, 3.05) is 0 Å². The van der Waals surface area contributed by atoms with Crippen LogP contribution in [0.1, 0.15) is 34.9 Å². The van der Waals surface area contributed by atoms with Crippen LogP contribution in [-0.2, 0) is 0 Å². The summed E-state index contributed by atoms with van der Waals surface area (Å²) in [5.74, 6) is 3.01. The molecule has 2 aliphatic carbocycles. The first kappa shape index (κ1) is 12.1. The van der Waals surface area contributed by atoms with Gasteiger partial charge in [0.25, 0.3) is 0 Å². The van der Waals surface area contributed by atoms with Crippen molar-refractivity contribution >= 4 is 34.4 Å². The normalized spacial score (nSPS) is 37.9. The van der Waals surface area contributed by atoms with Gasteiger partial charge in [-0.25, -0.2) is 0 Å². The van der Waals surface area contributed by atoms with Gasteiger partial charge in [-0.15, -0.1) is 23.1 Å². The maximum absolute atomic E-state index is 11.8. The van der Waals surface area contributed by atoms with Crippen molar-refractivity contribution in [3.8, 4) is 0 Å². The second-order valence-corrected chi connectivity index (χ2v) is 9.38. The Kier molecular flexibility index (Phi) is 2.56. The average molecular weight is 321 g/mol. The number of thiazole rings is 1. The highest BCUT2D eigenvalue weighted by atomic mass is 32.2. The molecular weight excluding hydrogens is 306 g/mol. The summed E-state index contributed by atoms with van der Waals surface area (Å²) in [6, 6.07) is 4.42. The number of aromatic nitrogens is 1. The predicted molar refractivity (Wildman–Crippen MR) is 85.1 cm³/mol. The van der Waals surface area contributed by atoms with Gasteiger partial charge in [-0.05, 0) is 48.5 Å². The van der Waals surface area contributed by atoms with Crippen molar-refractivity contribution < 1.29 is 0 Å². The van der Waals surface area contributed by atoms with Gasteiger partial charge < -0.3 is 4.98 Å². The molecule has 3 aliphatic rings. The molecule has 5 heteroatoms. The molecule has 0 unspecified atom stereocenters. The van der Waals surface area contributed by atoms with Crippen LogP contribution < -0.4 is 4.87 Å². The number of hydrogen-bond acceptors (Lipinski definition) is 4. The first-order chi connectivity index (χ1) is 9.81. The predicted octanol–water partition coefficient (Wildman–Crippen LogP) is 4.15. The Bertz CT molecular complexity index is 701. The highest BCUT2D eigenvalue weighted by molar-refractivity contribution is 8.00. The van der Waals surface area contributed by atoms with E-state index >= 15 is 0 Å². The molecule has 0 saturated heterocycles. The minimum absolute atomic E-state index is 0.122. The van der Waals surface area contributed by atoms with Crippen LogP contribution in [0.25, 0.3) is 0 Å². The molecular formula is C15H15NOS3. The van der Waals surface area contributed by atoms with E-state index in [1.54, 1.807) is 0 Å². The lowest BCUT2D eigenvalue weighted by atomic mass is 9.77. The SMILES string of the molecule is O=c1[nH]c2c(s1)[C@H](c1cccs1)[C@H]1[C@@H]3CC[C@H](C3)[C@H]1S2. The molecule has 2 aromatic rings. The van der Waals surface area contributed by atoms with Crippen molar-refractivity contribution in [1.82, 2.24) is 4.98 Å². The lowest BCUT2D eigenvalue weighted by Gasteiger charge is -2.39. The van der Waals surface area contributed by atoms with Gasteiger partial charge in [0.15, 0.2) is 0 Å². The highest BCUT2D eigenvalue weighted by Gasteiger charge is 2.54. The fourth-order valence-electron chi connectivity index (χ4n) is 4.64. The Morgan fingerprint density at radius 1 is 1.25 bits per heavy atom. The van der Waals surface area contributed by atoms with E-state index in [1.165, 1.54) is 45.4 Å². The van der Waals surface area contributed by atoms with Gasteiger partial charge in [-0.1, -0.05) is 17.4 Å². The number of hydrogen-bond donors (Lipinski definition) is 1. The second-order valence-electron chi connectivity index (χ2n) is 6.19. The summed E-state index contributed by atoms with van der Waals surface area (Å²) >= 11 is 5.28. The van der Waals surface area contributed by atoms with E-state index in [1.807, 2.05) is 23.1 Å². The van der Waals surface area contributed by atoms with Crippen LogP contribution >= 0.6 is 34.4 Å². The van der Waals surface area contributed by atoms with E-state index < -0.39 is 0 Å². The lowest BCUT2D eigenvalue weighted by Crippen LogP contribution is -2.33. The second kappa shape index (κ2) is 4.24. The zero-order chi connectivity index (χ0) is 13.3. The van der Waals surface area contributed by atoms with Crippen LogP contribution in [0.3, 0.4) is 0 Å². The number of rotatable bonds is 1. The number of nitrogens with one attached hydrogen (secondary N) is 1. The van der Waals surface area contributed by atoms with E-state index in [0.29, 0.717) is 5.92 Å². The monoisotopic (exact) mass is 321 g/mol. The molecule has 0 spiro atoms. The number of thioether (sulfide) groups is 1. The molecule has 2 fully saturated rings. The smallest absolute Gasteiger partial charge is 0.305 e. The Hall–Kier alpha value is -0.520. The highest BCUT2D eigenvalue weighted by Crippen LogP contribution is 2.63. The first-order valence-electron chi connectivity index (χ1n) is 7.24. The minimum atomic E-state index is 0.122. The first-order valence-corrected chi connectivity index (χ1v) is 9.82. The molecule has 5 atom stereocenters. The molecule has 2 nitrogen and oxygen atoms in total. The minimum Gasteiger partial charge on any atom is -0.307 e. The molecule has 20 heavy (non-hydrogen) atoms. The number of fused-ring (bicyclic) bond motifs is 6. The summed E-state index contributed by atoms with van der Waals surface area (Å²) in [5, 5.41) is 4.08. The van der Waals surface area contributed by atoms with Gasteiger partial charge in [0.2, 0.25) is 0 Å². The Labute approximate surface area is 129 Å². The standard InChI is InChI=1S/C15H15NOS3/c17-15-16-14-13(20-15)11(9-2-1-5-18-9)10-7-3-4-8(6-7)12(10)19-14/h1-2,5,7-8,10-12H,3-4,6H2,(H,16,17)/t7-,8-,10-,11-,12-/m1/s1. The van der Waals surface area contributed by atoms with Gasteiger partial charge in [0, 0.05) is 20.9 Å². The van der Waals surface area contributed by atoms with Crippen LogP contribution in [0.4, 0.5) is 0 Å². The van der Waals surface area contributed by atoms with Crippen molar-refractivity contribution in [3.05, 3.63) is 36.9 Å². The molecule has 5 rings (SSSR count). The summed E-state index contributed by atoms with van der Waals surface area (Å²) in [6.07, 6.45) is 4.23. The lowest BCUT2D eigenvalue weighted by molar-refractivity contribution is 0.310. The molecule has 0 aromatic carbocycles. The van der Waals surface area contributed by atoms with Gasteiger partial charge in [-0.3, -0.25) is 4.79 Å². The topological polar surface area (TPSA) is 32.9 Å². The van der Waals surface area contributed by atoms with Gasteiger partial charge in [0.05, 0.1) is 5.03 Å². The third-order valence-electron chi connectivity index (χ3n) is 5.32. The van der Waals surface area contributed by atoms with Crippen molar-refractivity contribution in [1.29, 1.82) is 0 Å². The fraction of sp³-hybridized carbons (Fsp3) is 0.533. The molecule has 2 bridgehead atoms. The van der Waals surface area contributed by atoms with Crippen LogP contribution in [-0.4, -0.2) is 10.2 Å². The van der Waals surface area contributed by atoms with Crippen molar-refractivity contribution in [3.63, 3.8) is 0 Å². The Morgan fingerprint density at radius 2 is 2.15 bits per heavy atom. The van der Waals surface area contributed by atoms with Crippen molar-refractivity contribution in [2.24, 2.45) is 17.8 Å². The Balaban J connectivity index is 1.71. The van der Waals surface area contributed by atoms with Crippen LogP contribution in [0.2, 0.25) is 0 Å². The summed E-state index contributed by atoms with van der Waals surface area (Å²) < 4.78 is 0. The molecule has 2 aromatic heterocycles. The molecule has 104 valence electrons. The number of aromatic amines is 1.